The second-order valence-corrected chi connectivity index (χ2v) is 9.60. The maximum Gasteiger partial charge on any atom is 0.274 e. The molecule has 2 atom stereocenters. The number of nitrogens with zero attached hydrogens (tertiary/aromatic N) is 5. The second-order valence-electron chi connectivity index (χ2n) is 9.60. The van der Waals surface area contributed by atoms with Crippen molar-refractivity contribution >= 4 is 5.91 Å². The van der Waals surface area contributed by atoms with Crippen LogP contribution in [0.15, 0.2) is 36.7 Å². The molecule has 0 radical (unpaired) electrons. The first-order valence-corrected chi connectivity index (χ1v) is 11.3. The molecule has 0 unspecified atom stereocenters. The molecule has 9 heteroatoms. The third-order valence-corrected chi connectivity index (χ3v) is 7.82. The van der Waals surface area contributed by atoms with Gasteiger partial charge in [0.05, 0.1) is 29.3 Å². The van der Waals surface area contributed by atoms with Gasteiger partial charge < -0.3 is 10.0 Å². The van der Waals surface area contributed by atoms with Crippen molar-refractivity contribution in [3.63, 3.8) is 0 Å². The van der Waals surface area contributed by atoms with Crippen LogP contribution in [0.3, 0.4) is 0 Å². The average molecular weight is 466 g/mol. The summed E-state index contributed by atoms with van der Waals surface area (Å²) >= 11 is 0. The van der Waals surface area contributed by atoms with Crippen molar-refractivity contribution in [2.45, 2.75) is 44.9 Å². The van der Waals surface area contributed by atoms with E-state index in [1.54, 1.807) is 11.0 Å². The van der Waals surface area contributed by atoms with Gasteiger partial charge in [0.25, 0.3) is 5.91 Å². The van der Waals surface area contributed by atoms with Gasteiger partial charge in [-0.2, -0.15) is 10.2 Å². The van der Waals surface area contributed by atoms with Gasteiger partial charge in [0, 0.05) is 18.5 Å². The van der Waals surface area contributed by atoms with Crippen LogP contribution in [0.2, 0.25) is 0 Å². The average Bonchev–Trinajstić information content (AvgIpc) is 3.17. The molecule has 2 aromatic heterocycles. The van der Waals surface area contributed by atoms with Gasteiger partial charge in [-0.25, -0.2) is 18.7 Å². The number of aromatic hydroxyl groups is 1. The number of halogens is 2. The Morgan fingerprint density at radius 2 is 1.91 bits per heavy atom. The van der Waals surface area contributed by atoms with E-state index in [2.05, 4.69) is 34.0 Å². The van der Waals surface area contributed by atoms with Gasteiger partial charge in [0.15, 0.2) is 0 Å². The Bertz CT molecular complexity index is 1260. The van der Waals surface area contributed by atoms with E-state index < -0.39 is 17.0 Å². The van der Waals surface area contributed by atoms with Crippen LogP contribution in [0.1, 0.15) is 61.3 Å². The third-order valence-electron chi connectivity index (χ3n) is 7.82. The predicted molar refractivity (Wildman–Crippen MR) is 120 cm³/mol. The molecule has 2 bridgehead atoms. The van der Waals surface area contributed by atoms with E-state index >= 15 is 0 Å². The van der Waals surface area contributed by atoms with Crippen molar-refractivity contribution in [2.75, 3.05) is 13.1 Å². The SMILES string of the molecule is CCN(C[C@@]12CC[C@@H](c3cc(-c4c(F)cccc4F)nnc31)C2(C)C)C(=O)c1cnc(O)cn1. The molecular weight excluding hydrogens is 440 g/mol. The lowest BCUT2D eigenvalue weighted by Crippen LogP contribution is -2.48. The highest BCUT2D eigenvalue weighted by molar-refractivity contribution is 5.92. The van der Waals surface area contributed by atoms with Gasteiger partial charge in [0.1, 0.15) is 17.3 Å². The Hall–Kier alpha value is -3.49. The first-order valence-electron chi connectivity index (χ1n) is 11.3. The summed E-state index contributed by atoms with van der Waals surface area (Å²) in [6, 6.07) is 5.51. The molecule has 3 aromatic rings. The van der Waals surface area contributed by atoms with Crippen LogP contribution >= 0.6 is 0 Å². The van der Waals surface area contributed by atoms with Gasteiger partial charge in [-0.3, -0.25) is 4.79 Å². The number of carbonyl (C=O) groups is 1. The Kier molecular flexibility index (Phi) is 5.11. The molecule has 1 amide bonds. The zero-order valence-corrected chi connectivity index (χ0v) is 19.2. The van der Waals surface area contributed by atoms with Gasteiger partial charge in [-0.05, 0) is 54.9 Å². The van der Waals surface area contributed by atoms with E-state index in [9.17, 15) is 18.7 Å². The fraction of sp³-hybridized carbons (Fsp3) is 0.400. The van der Waals surface area contributed by atoms with Crippen molar-refractivity contribution in [1.29, 1.82) is 0 Å². The molecule has 0 saturated heterocycles. The lowest BCUT2D eigenvalue weighted by molar-refractivity contribution is 0.0646. The summed E-state index contributed by atoms with van der Waals surface area (Å²) < 4.78 is 28.8. The maximum absolute atomic E-state index is 14.4. The van der Waals surface area contributed by atoms with E-state index in [1.165, 1.54) is 24.4 Å². The summed E-state index contributed by atoms with van der Waals surface area (Å²) in [7, 11) is 0. The second kappa shape index (κ2) is 7.78. The summed E-state index contributed by atoms with van der Waals surface area (Å²) in [5, 5.41) is 18.2. The van der Waals surface area contributed by atoms with Gasteiger partial charge in [0.2, 0.25) is 5.88 Å². The van der Waals surface area contributed by atoms with E-state index in [0.717, 1.165) is 30.3 Å². The molecule has 1 N–H and O–H groups in total. The number of fused-ring (bicyclic) bond motifs is 5. The zero-order chi connectivity index (χ0) is 24.3. The highest BCUT2D eigenvalue weighted by atomic mass is 19.1. The molecule has 2 heterocycles. The minimum atomic E-state index is -0.677. The summed E-state index contributed by atoms with van der Waals surface area (Å²) in [4.78, 5) is 22.7. The maximum atomic E-state index is 14.4. The van der Waals surface area contributed by atoms with E-state index in [4.69, 9.17) is 0 Å². The fourth-order valence-corrected chi connectivity index (χ4v) is 5.89. The van der Waals surface area contributed by atoms with Crippen molar-refractivity contribution in [3.8, 4) is 17.1 Å². The summed E-state index contributed by atoms with van der Waals surface area (Å²) in [6.45, 7) is 7.07. The minimum absolute atomic E-state index is 0.133. The molecule has 2 aliphatic carbocycles. The Morgan fingerprint density at radius 1 is 1.18 bits per heavy atom. The number of hydrogen-bond donors (Lipinski definition) is 1. The van der Waals surface area contributed by atoms with E-state index in [-0.39, 0.29) is 40.1 Å². The highest BCUT2D eigenvalue weighted by Gasteiger charge is 2.64. The molecule has 7 nitrogen and oxygen atoms in total. The predicted octanol–water partition coefficient (Wildman–Crippen LogP) is 4.23. The van der Waals surface area contributed by atoms with Crippen molar-refractivity contribution in [1.82, 2.24) is 25.1 Å². The van der Waals surface area contributed by atoms with Crippen molar-refractivity contribution in [3.05, 3.63) is 65.2 Å². The van der Waals surface area contributed by atoms with Crippen LogP contribution in [0.5, 0.6) is 5.88 Å². The van der Waals surface area contributed by atoms with Crippen molar-refractivity contribution < 1.29 is 18.7 Å². The van der Waals surface area contributed by atoms with Gasteiger partial charge in [-0.15, -0.1) is 0 Å². The topological polar surface area (TPSA) is 92.1 Å². The Morgan fingerprint density at radius 3 is 2.56 bits per heavy atom. The standard InChI is InChI=1S/C25H25F2N5O2/c1-4-32(23(34)19-11-29-20(33)12-28-19)13-25-9-8-15(24(25,2)3)14-10-18(30-31-22(14)25)21-16(26)6-5-7-17(21)27/h5-7,10-12,15H,4,8-9,13H2,1-3H3,(H,29,33)/t15-,25-/m0/s1. The molecule has 1 fully saturated rings. The quantitative estimate of drug-likeness (QED) is 0.606. The van der Waals surface area contributed by atoms with Crippen LogP contribution in [0.25, 0.3) is 11.3 Å². The monoisotopic (exact) mass is 465 g/mol. The molecule has 34 heavy (non-hydrogen) atoms. The highest BCUT2D eigenvalue weighted by Crippen LogP contribution is 2.67. The first kappa shape index (κ1) is 22.3. The smallest absolute Gasteiger partial charge is 0.274 e. The molecule has 1 aromatic carbocycles. The number of carbonyl (C=O) groups excluding carboxylic acids is 1. The van der Waals surface area contributed by atoms with Gasteiger partial charge >= 0.3 is 0 Å². The first-order chi connectivity index (χ1) is 16.2. The number of amides is 1. The summed E-state index contributed by atoms with van der Waals surface area (Å²) in [6.07, 6.45) is 4.12. The van der Waals surface area contributed by atoms with Crippen LogP contribution in [-0.2, 0) is 5.41 Å². The number of benzene rings is 1. The van der Waals surface area contributed by atoms with E-state index in [1.807, 2.05) is 6.92 Å². The third kappa shape index (κ3) is 3.09. The number of hydrogen-bond acceptors (Lipinski definition) is 6. The van der Waals surface area contributed by atoms with Gasteiger partial charge in [-0.1, -0.05) is 19.9 Å². The minimum Gasteiger partial charge on any atom is -0.492 e. The molecule has 0 spiro atoms. The van der Waals surface area contributed by atoms with Crippen LogP contribution in [0, 0.1) is 17.0 Å². The fourth-order valence-electron chi connectivity index (χ4n) is 5.89. The zero-order valence-electron chi connectivity index (χ0n) is 19.2. The molecule has 0 aliphatic heterocycles. The van der Waals surface area contributed by atoms with Crippen molar-refractivity contribution in [2.24, 2.45) is 5.41 Å². The molecule has 176 valence electrons. The molecular formula is C25H25F2N5O2. The van der Waals surface area contributed by atoms with Crippen LogP contribution in [-0.4, -0.2) is 49.2 Å². The number of aromatic nitrogens is 4. The Balaban J connectivity index is 1.55. The lowest BCUT2D eigenvalue weighted by atomic mass is 9.68. The Labute approximate surface area is 195 Å². The molecule has 5 rings (SSSR count). The lowest BCUT2D eigenvalue weighted by Gasteiger charge is -2.41. The van der Waals surface area contributed by atoms with E-state index in [0.29, 0.717) is 13.1 Å². The van der Waals surface area contributed by atoms with Crippen LogP contribution < -0.4 is 0 Å². The van der Waals surface area contributed by atoms with Crippen LogP contribution in [0.4, 0.5) is 8.78 Å². The summed E-state index contributed by atoms with van der Waals surface area (Å²) in [5.41, 5.74) is 1.18. The summed E-state index contributed by atoms with van der Waals surface area (Å²) in [5.74, 6) is -1.75. The number of likely N-dealkylation sites (N-methyl/N-ethyl adjacent to an activating group) is 1. The number of rotatable bonds is 5. The largest absolute Gasteiger partial charge is 0.492 e. The normalized spacial score (nSPS) is 22.0. The molecule has 2 aliphatic rings. The molecule has 1 saturated carbocycles.